The SMILES string of the molecule is CSCc1coc2ccc(C(=O)O)cc12. The van der Waals surface area contributed by atoms with E-state index in [4.69, 9.17) is 9.52 Å². The zero-order chi connectivity index (χ0) is 10.8. The molecule has 0 spiro atoms. The van der Waals surface area contributed by atoms with Gasteiger partial charge in [0.1, 0.15) is 5.58 Å². The van der Waals surface area contributed by atoms with Crippen LogP contribution < -0.4 is 0 Å². The zero-order valence-corrected chi connectivity index (χ0v) is 9.00. The molecule has 1 heterocycles. The van der Waals surface area contributed by atoms with Gasteiger partial charge in [-0.3, -0.25) is 0 Å². The maximum Gasteiger partial charge on any atom is 0.335 e. The molecule has 15 heavy (non-hydrogen) atoms. The third-order valence-corrected chi connectivity index (χ3v) is 2.80. The molecule has 0 atom stereocenters. The summed E-state index contributed by atoms with van der Waals surface area (Å²) in [6.45, 7) is 0. The fourth-order valence-corrected chi connectivity index (χ4v) is 2.02. The number of hydrogen-bond donors (Lipinski definition) is 1. The predicted octanol–water partition coefficient (Wildman–Crippen LogP) is 2.99. The van der Waals surface area contributed by atoms with Crippen molar-refractivity contribution in [3.63, 3.8) is 0 Å². The normalized spacial score (nSPS) is 10.7. The Kier molecular flexibility index (Phi) is 2.68. The molecule has 2 rings (SSSR count). The molecule has 0 unspecified atom stereocenters. The standard InChI is InChI=1S/C11H10O3S/c1-15-6-8-5-14-10-3-2-7(11(12)13)4-9(8)10/h2-5H,6H2,1H3,(H,12,13). The number of fused-ring (bicyclic) bond motifs is 1. The molecule has 4 heteroatoms. The monoisotopic (exact) mass is 222 g/mol. The minimum atomic E-state index is -0.909. The molecule has 1 aromatic carbocycles. The molecule has 0 bridgehead atoms. The number of carboxylic acids is 1. The van der Waals surface area contributed by atoms with Gasteiger partial charge in [0.2, 0.25) is 0 Å². The molecule has 0 saturated heterocycles. The summed E-state index contributed by atoms with van der Waals surface area (Å²) in [6, 6.07) is 4.91. The van der Waals surface area contributed by atoms with Crippen LogP contribution in [0.4, 0.5) is 0 Å². The fourth-order valence-electron chi connectivity index (χ4n) is 1.48. The van der Waals surface area contributed by atoms with Crippen molar-refractivity contribution in [1.82, 2.24) is 0 Å². The molecule has 0 fully saturated rings. The number of carbonyl (C=O) groups is 1. The van der Waals surface area contributed by atoms with Crippen LogP contribution in [0.3, 0.4) is 0 Å². The summed E-state index contributed by atoms with van der Waals surface area (Å²) in [6.07, 6.45) is 3.69. The van der Waals surface area contributed by atoms with Crippen molar-refractivity contribution in [1.29, 1.82) is 0 Å². The van der Waals surface area contributed by atoms with Crippen molar-refractivity contribution >= 4 is 28.7 Å². The Bertz CT molecular complexity index is 502. The molecule has 1 N–H and O–H groups in total. The maximum atomic E-state index is 10.8. The Morgan fingerprint density at radius 3 is 3.00 bits per heavy atom. The molecular formula is C11H10O3S. The lowest BCUT2D eigenvalue weighted by molar-refractivity contribution is 0.0697. The van der Waals surface area contributed by atoms with Crippen LogP contribution in [-0.2, 0) is 5.75 Å². The Labute approximate surface area is 91.1 Å². The van der Waals surface area contributed by atoms with Crippen molar-refractivity contribution in [3.8, 4) is 0 Å². The van der Waals surface area contributed by atoms with Gasteiger partial charge in [-0.2, -0.15) is 11.8 Å². The minimum Gasteiger partial charge on any atom is -0.478 e. The average molecular weight is 222 g/mol. The van der Waals surface area contributed by atoms with Crippen molar-refractivity contribution < 1.29 is 14.3 Å². The van der Waals surface area contributed by atoms with E-state index in [2.05, 4.69) is 0 Å². The van der Waals surface area contributed by atoms with Gasteiger partial charge in [-0.1, -0.05) is 0 Å². The first-order valence-electron chi connectivity index (χ1n) is 4.44. The number of rotatable bonds is 3. The Morgan fingerprint density at radius 1 is 1.53 bits per heavy atom. The predicted molar refractivity (Wildman–Crippen MR) is 60.4 cm³/mol. The minimum absolute atomic E-state index is 0.297. The van der Waals surface area contributed by atoms with E-state index >= 15 is 0 Å². The van der Waals surface area contributed by atoms with Crippen molar-refractivity contribution in [3.05, 3.63) is 35.6 Å². The van der Waals surface area contributed by atoms with Crippen LogP contribution >= 0.6 is 11.8 Å². The van der Waals surface area contributed by atoms with Crippen LogP contribution in [0.1, 0.15) is 15.9 Å². The van der Waals surface area contributed by atoms with Crippen LogP contribution in [0, 0.1) is 0 Å². The van der Waals surface area contributed by atoms with Gasteiger partial charge in [-0.05, 0) is 24.5 Å². The summed E-state index contributed by atoms with van der Waals surface area (Å²) in [5.41, 5.74) is 2.08. The molecule has 0 aliphatic heterocycles. The fraction of sp³-hybridized carbons (Fsp3) is 0.182. The van der Waals surface area contributed by atoms with Crippen LogP contribution in [0.25, 0.3) is 11.0 Å². The van der Waals surface area contributed by atoms with Gasteiger partial charge in [0.25, 0.3) is 0 Å². The molecule has 0 saturated carbocycles. The third-order valence-electron chi connectivity index (χ3n) is 2.20. The first-order chi connectivity index (χ1) is 7.22. The van der Waals surface area contributed by atoms with Gasteiger partial charge in [0.15, 0.2) is 0 Å². The highest BCUT2D eigenvalue weighted by Crippen LogP contribution is 2.25. The molecule has 0 aliphatic carbocycles. The summed E-state index contributed by atoms with van der Waals surface area (Å²) in [4.78, 5) is 10.8. The third kappa shape index (κ3) is 1.85. The molecular weight excluding hydrogens is 212 g/mol. The van der Waals surface area contributed by atoms with Gasteiger partial charge in [0, 0.05) is 16.7 Å². The smallest absolute Gasteiger partial charge is 0.335 e. The molecule has 3 nitrogen and oxygen atoms in total. The summed E-state index contributed by atoms with van der Waals surface area (Å²) in [5.74, 6) is -0.0796. The molecule has 1 aromatic heterocycles. The second-order valence-corrected chi connectivity index (χ2v) is 4.08. The van der Waals surface area contributed by atoms with E-state index in [-0.39, 0.29) is 0 Å². The van der Waals surface area contributed by atoms with E-state index in [0.717, 1.165) is 22.3 Å². The molecule has 2 aromatic rings. The number of hydrogen-bond acceptors (Lipinski definition) is 3. The molecule has 0 aliphatic rings. The van der Waals surface area contributed by atoms with E-state index in [9.17, 15) is 4.79 Å². The summed E-state index contributed by atoms with van der Waals surface area (Å²) >= 11 is 1.68. The largest absolute Gasteiger partial charge is 0.478 e. The number of aromatic carboxylic acids is 1. The number of thioether (sulfide) groups is 1. The van der Waals surface area contributed by atoms with Crippen molar-refractivity contribution in [2.24, 2.45) is 0 Å². The zero-order valence-electron chi connectivity index (χ0n) is 8.19. The van der Waals surface area contributed by atoms with Gasteiger partial charge in [-0.15, -0.1) is 0 Å². The Hall–Kier alpha value is -1.42. The van der Waals surface area contributed by atoms with E-state index in [1.807, 2.05) is 6.26 Å². The van der Waals surface area contributed by atoms with E-state index in [1.165, 1.54) is 0 Å². The molecule has 0 amide bonds. The van der Waals surface area contributed by atoms with Gasteiger partial charge >= 0.3 is 5.97 Å². The van der Waals surface area contributed by atoms with E-state index < -0.39 is 5.97 Å². The lowest BCUT2D eigenvalue weighted by Crippen LogP contribution is -1.94. The van der Waals surface area contributed by atoms with Crippen molar-refractivity contribution in [2.75, 3.05) is 6.26 Å². The first-order valence-corrected chi connectivity index (χ1v) is 5.84. The number of furan rings is 1. The average Bonchev–Trinajstić information content (AvgIpc) is 2.61. The highest BCUT2D eigenvalue weighted by Gasteiger charge is 2.09. The Morgan fingerprint density at radius 2 is 2.33 bits per heavy atom. The number of benzene rings is 1. The maximum absolute atomic E-state index is 10.8. The lowest BCUT2D eigenvalue weighted by Gasteiger charge is -1.96. The van der Waals surface area contributed by atoms with Crippen molar-refractivity contribution in [2.45, 2.75) is 5.75 Å². The molecule has 0 radical (unpaired) electrons. The van der Waals surface area contributed by atoms with E-state index in [1.54, 1.807) is 36.2 Å². The second-order valence-electron chi connectivity index (χ2n) is 3.21. The van der Waals surface area contributed by atoms with Gasteiger partial charge < -0.3 is 9.52 Å². The summed E-state index contributed by atoms with van der Waals surface area (Å²) in [5, 5.41) is 9.76. The molecule has 78 valence electrons. The number of carboxylic acid groups (broad SMARTS) is 1. The van der Waals surface area contributed by atoms with Crippen LogP contribution in [0.5, 0.6) is 0 Å². The van der Waals surface area contributed by atoms with Crippen LogP contribution in [-0.4, -0.2) is 17.3 Å². The summed E-state index contributed by atoms with van der Waals surface area (Å²) < 4.78 is 5.33. The topological polar surface area (TPSA) is 50.4 Å². The highest BCUT2D eigenvalue weighted by atomic mass is 32.2. The lowest BCUT2D eigenvalue weighted by atomic mass is 10.1. The van der Waals surface area contributed by atoms with Crippen LogP contribution in [0.2, 0.25) is 0 Å². The Balaban J connectivity index is 2.56. The van der Waals surface area contributed by atoms with Gasteiger partial charge in [-0.25, -0.2) is 4.79 Å². The van der Waals surface area contributed by atoms with Gasteiger partial charge in [0.05, 0.1) is 11.8 Å². The highest BCUT2D eigenvalue weighted by molar-refractivity contribution is 7.97. The summed E-state index contributed by atoms with van der Waals surface area (Å²) in [7, 11) is 0. The second kappa shape index (κ2) is 3.98. The van der Waals surface area contributed by atoms with Crippen LogP contribution in [0.15, 0.2) is 28.9 Å². The quantitative estimate of drug-likeness (QED) is 0.867. The van der Waals surface area contributed by atoms with E-state index in [0.29, 0.717) is 5.56 Å². The first kappa shape index (κ1) is 10.1.